The maximum absolute atomic E-state index is 11.9. The van der Waals surface area contributed by atoms with Crippen LogP contribution in [0.25, 0.3) is 0 Å². The Balaban J connectivity index is 1.93. The van der Waals surface area contributed by atoms with Crippen LogP contribution in [0, 0.1) is 30.9 Å². The number of carbonyl (C=O) groups is 2. The van der Waals surface area contributed by atoms with Crippen LogP contribution in [0.1, 0.15) is 16.7 Å². The average Bonchev–Trinajstić information content (AvgIpc) is 2.56. The summed E-state index contributed by atoms with van der Waals surface area (Å²) in [4.78, 5) is 34.1. The molecule has 0 unspecified atom stereocenters. The Morgan fingerprint density at radius 1 is 1.08 bits per heavy atom. The normalized spacial score (nSPS) is 10.1. The van der Waals surface area contributed by atoms with Gasteiger partial charge in [-0.05, 0) is 44.0 Å². The summed E-state index contributed by atoms with van der Waals surface area (Å²) >= 11 is 0. The van der Waals surface area contributed by atoms with E-state index in [1.807, 2.05) is 26.0 Å². The maximum Gasteiger partial charge on any atom is 0.325 e. The van der Waals surface area contributed by atoms with E-state index in [2.05, 4.69) is 10.6 Å². The molecule has 0 fully saturated rings. The summed E-state index contributed by atoms with van der Waals surface area (Å²) in [5.41, 5.74) is 2.95. The number of nitro groups is 1. The molecule has 2 N–H and O–H groups in total. The van der Waals surface area contributed by atoms with Crippen molar-refractivity contribution in [2.45, 2.75) is 20.8 Å². The number of nitro benzene ring substituents is 1. The largest absolute Gasteiger partial charge is 0.477 e. The number of nitrogens with one attached hydrogen (secondary N) is 2. The molecule has 2 rings (SSSR count). The lowest BCUT2D eigenvalue weighted by Gasteiger charge is -2.10. The first kappa shape index (κ1) is 18.9. The van der Waals surface area contributed by atoms with E-state index < -0.39 is 23.5 Å². The van der Waals surface area contributed by atoms with Crippen molar-refractivity contribution in [1.29, 1.82) is 0 Å². The Kier molecular flexibility index (Phi) is 5.90. The lowest BCUT2D eigenvalue weighted by molar-refractivity contribution is -0.385. The summed E-state index contributed by atoms with van der Waals surface area (Å²) in [6.45, 7) is 4.96. The van der Waals surface area contributed by atoms with Crippen LogP contribution < -0.4 is 15.4 Å². The van der Waals surface area contributed by atoms with Gasteiger partial charge in [0.2, 0.25) is 0 Å². The third kappa shape index (κ3) is 5.04. The molecule has 0 aliphatic heterocycles. The molecule has 26 heavy (non-hydrogen) atoms. The zero-order chi connectivity index (χ0) is 19.3. The van der Waals surface area contributed by atoms with Crippen LogP contribution in [0.15, 0.2) is 36.4 Å². The maximum atomic E-state index is 11.9. The summed E-state index contributed by atoms with van der Waals surface area (Å²) in [5, 5.41) is 15.7. The molecule has 0 aliphatic rings. The molecule has 0 atom stereocenters. The molecule has 136 valence electrons. The van der Waals surface area contributed by atoms with E-state index in [0.717, 1.165) is 11.1 Å². The van der Waals surface area contributed by atoms with Crippen LogP contribution >= 0.6 is 0 Å². The molecule has 8 nitrogen and oxygen atoms in total. The fourth-order valence-electron chi connectivity index (χ4n) is 2.31. The summed E-state index contributed by atoms with van der Waals surface area (Å²) in [6, 6.07) is 9.16. The minimum atomic E-state index is -0.720. The highest BCUT2D eigenvalue weighted by Crippen LogP contribution is 2.27. The molecule has 0 saturated heterocycles. The molecule has 2 aromatic carbocycles. The first-order chi connectivity index (χ1) is 12.3. The number of carbonyl (C=O) groups excluding carboxylic acids is 2. The monoisotopic (exact) mass is 357 g/mol. The van der Waals surface area contributed by atoms with E-state index in [4.69, 9.17) is 4.74 Å². The van der Waals surface area contributed by atoms with Crippen molar-refractivity contribution in [2.24, 2.45) is 0 Å². The van der Waals surface area contributed by atoms with E-state index in [1.54, 1.807) is 19.1 Å². The predicted octanol–water partition coefficient (Wildman–Crippen LogP) is 3.25. The van der Waals surface area contributed by atoms with Crippen molar-refractivity contribution >= 4 is 23.3 Å². The number of amides is 3. The summed E-state index contributed by atoms with van der Waals surface area (Å²) in [6.07, 6.45) is 0. The second kappa shape index (κ2) is 8.11. The van der Waals surface area contributed by atoms with Gasteiger partial charge in [0.25, 0.3) is 5.91 Å². The second-order valence-electron chi connectivity index (χ2n) is 5.84. The van der Waals surface area contributed by atoms with Gasteiger partial charge in [0.15, 0.2) is 12.4 Å². The standard InChI is InChI=1S/C18H19N3O5/c1-11-4-6-14(13(3)8-11)19-18(23)20-17(22)10-26-16-7-5-12(2)9-15(16)21(24)25/h4-9H,10H2,1-3H3,(H2,19,20,22,23). The van der Waals surface area contributed by atoms with Crippen LogP contribution in [0.2, 0.25) is 0 Å². The number of hydrogen-bond acceptors (Lipinski definition) is 5. The van der Waals surface area contributed by atoms with Gasteiger partial charge in [0, 0.05) is 11.8 Å². The molecule has 0 radical (unpaired) electrons. The van der Waals surface area contributed by atoms with Crippen LogP contribution in [0.3, 0.4) is 0 Å². The Hall–Kier alpha value is -3.42. The molecule has 0 bridgehead atoms. The number of benzene rings is 2. The van der Waals surface area contributed by atoms with Gasteiger partial charge in [-0.3, -0.25) is 20.2 Å². The van der Waals surface area contributed by atoms with Gasteiger partial charge in [-0.1, -0.05) is 23.8 Å². The Morgan fingerprint density at radius 3 is 2.38 bits per heavy atom. The first-order valence-electron chi connectivity index (χ1n) is 7.82. The van der Waals surface area contributed by atoms with Gasteiger partial charge < -0.3 is 10.1 Å². The van der Waals surface area contributed by atoms with Gasteiger partial charge in [-0.15, -0.1) is 0 Å². The highest BCUT2D eigenvalue weighted by Gasteiger charge is 2.17. The van der Waals surface area contributed by atoms with E-state index in [0.29, 0.717) is 11.3 Å². The van der Waals surface area contributed by atoms with Crippen molar-refractivity contribution in [3.8, 4) is 5.75 Å². The third-order valence-corrected chi connectivity index (χ3v) is 3.55. The van der Waals surface area contributed by atoms with Gasteiger partial charge in [-0.2, -0.15) is 0 Å². The molecule has 0 saturated carbocycles. The average molecular weight is 357 g/mol. The third-order valence-electron chi connectivity index (χ3n) is 3.55. The number of urea groups is 1. The van der Waals surface area contributed by atoms with Crippen molar-refractivity contribution in [2.75, 3.05) is 11.9 Å². The van der Waals surface area contributed by atoms with E-state index in [-0.39, 0.29) is 11.4 Å². The minimum absolute atomic E-state index is 0.0365. The van der Waals surface area contributed by atoms with Gasteiger partial charge in [0.05, 0.1) is 4.92 Å². The zero-order valence-corrected chi connectivity index (χ0v) is 14.7. The predicted molar refractivity (Wildman–Crippen MR) is 96.4 cm³/mol. The van der Waals surface area contributed by atoms with Crippen molar-refractivity contribution < 1.29 is 19.2 Å². The number of hydrogen-bond donors (Lipinski definition) is 2. The molecule has 3 amide bonds. The van der Waals surface area contributed by atoms with Gasteiger partial charge in [-0.25, -0.2) is 4.79 Å². The topological polar surface area (TPSA) is 111 Å². The number of imide groups is 1. The number of nitrogens with zero attached hydrogens (tertiary/aromatic N) is 1. The Labute approximate surface area is 150 Å². The van der Waals surface area contributed by atoms with E-state index in [9.17, 15) is 19.7 Å². The van der Waals surface area contributed by atoms with E-state index >= 15 is 0 Å². The number of anilines is 1. The zero-order valence-electron chi connectivity index (χ0n) is 14.7. The van der Waals surface area contributed by atoms with Crippen LogP contribution in [-0.2, 0) is 4.79 Å². The quantitative estimate of drug-likeness (QED) is 0.630. The molecule has 8 heteroatoms. The van der Waals surface area contributed by atoms with Crippen molar-refractivity contribution in [3.05, 3.63) is 63.2 Å². The molecular weight excluding hydrogens is 338 g/mol. The molecule has 0 aromatic heterocycles. The summed E-state index contributed by atoms with van der Waals surface area (Å²) in [5.74, 6) is -0.757. The Morgan fingerprint density at radius 2 is 1.73 bits per heavy atom. The molecule has 0 spiro atoms. The van der Waals surface area contributed by atoms with Crippen LogP contribution in [-0.4, -0.2) is 23.5 Å². The highest BCUT2D eigenvalue weighted by atomic mass is 16.6. The lowest BCUT2D eigenvalue weighted by atomic mass is 10.1. The molecule has 0 aliphatic carbocycles. The van der Waals surface area contributed by atoms with Crippen LogP contribution in [0.4, 0.5) is 16.2 Å². The number of rotatable bonds is 5. The highest BCUT2D eigenvalue weighted by molar-refractivity contribution is 6.01. The summed E-state index contributed by atoms with van der Waals surface area (Å²) in [7, 11) is 0. The smallest absolute Gasteiger partial charge is 0.325 e. The van der Waals surface area contributed by atoms with Gasteiger partial charge in [0.1, 0.15) is 0 Å². The molecular formula is C18H19N3O5. The lowest BCUT2D eigenvalue weighted by Crippen LogP contribution is -2.37. The second-order valence-corrected chi connectivity index (χ2v) is 5.84. The van der Waals surface area contributed by atoms with Gasteiger partial charge >= 0.3 is 11.7 Å². The van der Waals surface area contributed by atoms with Crippen molar-refractivity contribution in [3.63, 3.8) is 0 Å². The fraction of sp³-hybridized carbons (Fsp3) is 0.222. The molecule has 2 aromatic rings. The molecule has 0 heterocycles. The fourth-order valence-corrected chi connectivity index (χ4v) is 2.31. The van der Waals surface area contributed by atoms with Crippen molar-refractivity contribution in [1.82, 2.24) is 5.32 Å². The number of ether oxygens (including phenoxy) is 1. The first-order valence-corrected chi connectivity index (χ1v) is 7.82. The number of aryl methyl sites for hydroxylation is 3. The minimum Gasteiger partial charge on any atom is -0.477 e. The van der Waals surface area contributed by atoms with E-state index in [1.165, 1.54) is 12.1 Å². The van der Waals surface area contributed by atoms with Crippen LogP contribution in [0.5, 0.6) is 5.75 Å². The summed E-state index contributed by atoms with van der Waals surface area (Å²) < 4.78 is 5.17. The SMILES string of the molecule is Cc1ccc(NC(=O)NC(=O)COc2ccc(C)cc2[N+](=O)[O-])c(C)c1. The Bertz CT molecular complexity index is 864.